The van der Waals surface area contributed by atoms with E-state index in [2.05, 4.69) is 179 Å². The van der Waals surface area contributed by atoms with Crippen LogP contribution in [0.2, 0.25) is 0 Å². The van der Waals surface area contributed by atoms with Crippen molar-refractivity contribution < 1.29 is 0 Å². The van der Waals surface area contributed by atoms with E-state index in [-0.39, 0.29) is 0 Å². The molecule has 9 rings (SSSR count). The molecule has 2 nitrogen and oxygen atoms in total. The molecule has 0 radical (unpaired) electrons. The molecule has 0 aliphatic heterocycles. The number of anilines is 3. The monoisotopic (exact) mass is 560 g/mol. The Labute approximate surface area is 255 Å². The highest BCUT2D eigenvalue weighted by Gasteiger charge is 2.18. The summed E-state index contributed by atoms with van der Waals surface area (Å²) in [4.78, 5) is 2.37. The van der Waals surface area contributed by atoms with Crippen LogP contribution in [0.4, 0.5) is 17.1 Å². The Balaban J connectivity index is 1.25. The fraction of sp³-hybridized carbons (Fsp3) is 0. The summed E-state index contributed by atoms with van der Waals surface area (Å²) in [5.74, 6) is 0. The van der Waals surface area contributed by atoms with E-state index in [4.69, 9.17) is 0 Å². The maximum Gasteiger partial charge on any atom is 0.0542 e. The minimum Gasteiger partial charge on any atom is -0.310 e. The second-order valence-electron chi connectivity index (χ2n) is 11.4. The number of aromatic nitrogens is 1. The predicted molar refractivity (Wildman–Crippen MR) is 188 cm³/mol. The zero-order chi connectivity index (χ0) is 29.0. The third kappa shape index (κ3) is 3.82. The smallest absolute Gasteiger partial charge is 0.0542 e. The predicted octanol–water partition coefficient (Wildman–Crippen LogP) is 11.7. The van der Waals surface area contributed by atoms with Gasteiger partial charge in [0.15, 0.2) is 0 Å². The van der Waals surface area contributed by atoms with Crippen molar-refractivity contribution in [1.29, 1.82) is 0 Å². The van der Waals surface area contributed by atoms with E-state index in [1.54, 1.807) is 0 Å². The maximum atomic E-state index is 2.37. The summed E-state index contributed by atoms with van der Waals surface area (Å²) in [6.45, 7) is 0. The van der Waals surface area contributed by atoms with E-state index in [0.29, 0.717) is 0 Å². The first kappa shape index (κ1) is 24.7. The van der Waals surface area contributed by atoms with Gasteiger partial charge in [0.2, 0.25) is 0 Å². The molecular weight excluding hydrogens is 532 g/mol. The van der Waals surface area contributed by atoms with Crippen molar-refractivity contribution in [3.63, 3.8) is 0 Å². The number of hydrogen-bond acceptors (Lipinski definition) is 1. The molecule has 0 bridgehead atoms. The van der Waals surface area contributed by atoms with E-state index in [9.17, 15) is 0 Å². The van der Waals surface area contributed by atoms with E-state index in [1.165, 1.54) is 59.8 Å². The number of fused-ring (bicyclic) bond motifs is 8. The summed E-state index contributed by atoms with van der Waals surface area (Å²) in [6, 6.07) is 61.5. The summed E-state index contributed by atoms with van der Waals surface area (Å²) in [5.41, 5.74) is 6.97. The van der Waals surface area contributed by atoms with Crippen LogP contribution in [0.25, 0.3) is 59.8 Å². The number of hydrogen-bond donors (Lipinski definition) is 0. The Morgan fingerprint density at radius 1 is 0.318 bits per heavy atom. The average molecular weight is 561 g/mol. The Morgan fingerprint density at radius 3 is 1.70 bits per heavy atom. The minimum atomic E-state index is 1.13. The Bertz CT molecular complexity index is 2490. The number of nitrogens with zero attached hydrogens (tertiary/aromatic N) is 2. The Kier molecular flexibility index (Phi) is 5.54. The van der Waals surface area contributed by atoms with Crippen LogP contribution in [0.15, 0.2) is 170 Å². The van der Waals surface area contributed by atoms with Crippen molar-refractivity contribution in [2.75, 3.05) is 4.90 Å². The van der Waals surface area contributed by atoms with Gasteiger partial charge < -0.3 is 9.47 Å². The van der Waals surface area contributed by atoms with E-state index in [0.717, 1.165) is 17.1 Å². The molecule has 0 fully saturated rings. The van der Waals surface area contributed by atoms with Gasteiger partial charge in [0, 0.05) is 33.5 Å². The summed E-state index contributed by atoms with van der Waals surface area (Å²) in [5, 5.41) is 10.1. The molecule has 1 heterocycles. The lowest BCUT2D eigenvalue weighted by atomic mass is 9.96. The van der Waals surface area contributed by atoms with Crippen LogP contribution in [0.1, 0.15) is 0 Å². The van der Waals surface area contributed by atoms with Gasteiger partial charge in [0.1, 0.15) is 0 Å². The quantitative estimate of drug-likeness (QED) is 0.194. The molecule has 0 amide bonds. The molecule has 1 aromatic heterocycles. The molecule has 0 N–H and O–H groups in total. The zero-order valence-electron chi connectivity index (χ0n) is 24.1. The van der Waals surface area contributed by atoms with Gasteiger partial charge in [0.25, 0.3) is 0 Å². The highest BCUT2D eigenvalue weighted by molar-refractivity contribution is 6.18. The highest BCUT2D eigenvalue weighted by Crippen LogP contribution is 2.41. The molecule has 9 aromatic rings. The topological polar surface area (TPSA) is 8.17 Å². The first-order chi connectivity index (χ1) is 21.8. The Hall–Kier alpha value is -5.86. The van der Waals surface area contributed by atoms with Crippen LogP contribution in [-0.4, -0.2) is 4.57 Å². The van der Waals surface area contributed by atoms with Crippen LogP contribution in [0.3, 0.4) is 0 Å². The van der Waals surface area contributed by atoms with Crippen molar-refractivity contribution in [3.05, 3.63) is 170 Å². The largest absolute Gasteiger partial charge is 0.310 e. The SMILES string of the molecule is c1ccc(N(c2ccc3c(ccc4c5ccccc5ccc34)c2)c2ccc3c(c2)c2ccccc2n3-c2ccccc2)cc1. The first-order valence-electron chi connectivity index (χ1n) is 15.1. The van der Waals surface area contributed by atoms with Crippen LogP contribution in [0.5, 0.6) is 0 Å². The van der Waals surface area contributed by atoms with Gasteiger partial charge in [-0.2, -0.15) is 0 Å². The van der Waals surface area contributed by atoms with Gasteiger partial charge in [0.05, 0.1) is 11.0 Å². The molecule has 0 aliphatic carbocycles. The van der Waals surface area contributed by atoms with Crippen LogP contribution in [0, 0.1) is 0 Å². The summed E-state index contributed by atoms with van der Waals surface area (Å²) in [6.07, 6.45) is 0. The number of para-hydroxylation sites is 3. The molecule has 0 atom stereocenters. The molecule has 0 unspecified atom stereocenters. The van der Waals surface area contributed by atoms with Gasteiger partial charge >= 0.3 is 0 Å². The van der Waals surface area contributed by atoms with Crippen LogP contribution < -0.4 is 4.90 Å². The van der Waals surface area contributed by atoms with Gasteiger partial charge in [-0.3, -0.25) is 0 Å². The lowest BCUT2D eigenvalue weighted by molar-refractivity contribution is 1.18. The molecule has 8 aromatic carbocycles. The molecule has 44 heavy (non-hydrogen) atoms. The van der Waals surface area contributed by atoms with Gasteiger partial charge in [-0.15, -0.1) is 0 Å². The number of benzene rings is 8. The van der Waals surface area contributed by atoms with Crippen molar-refractivity contribution in [2.45, 2.75) is 0 Å². The summed E-state index contributed by atoms with van der Waals surface area (Å²) < 4.78 is 2.37. The second-order valence-corrected chi connectivity index (χ2v) is 11.4. The molecule has 0 spiro atoms. The van der Waals surface area contributed by atoms with E-state index >= 15 is 0 Å². The summed E-state index contributed by atoms with van der Waals surface area (Å²) in [7, 11) is 0. The maximum absolute atomic E-state index is 2.37. The number of rotatable bonds is 4. The zero-order valence-corrected chi connectivity index (χ0v) is 24.1. The lowest BCUT2D eigenvalue weighted by Gasteiger charge is -2.26. The molecule has 0 saturated heterocycles. The van der Waals surface area contributed by atoms with Gasteiger partial charge in [-0.1, -0.05) is 109 Å². The first-order valence-corrected chi connectivity index (χ1v) is 15.1. The molecule has 206 valence electrons. The van der Waals surface area contributed by atoms with Gasteiger partial charge in [-0.05, 0) is 93.0 Å². The third-order valence-corrected chi connectivity index (χ3v) is 8.93. The summed E-state index contributed by atoms with van der Waals surface area (Å²) >= 11 is 0. The van der Waals surface area contributed by atoms with E-state index in [1.807, 2.05) is 0 Å². The van der Waals surface area contributed by atoms with Crippen molar-refractivity contribution >= 4 is 71.2 Å². The average Bonchev–Trinajstić information content (AvgIpc) is 3.42. The standard InChI is InChI=1S/C42H28N2/c1-3-12-31(13-4-1)43(33-21-25-36-30(27-33)20-24-37-35-16-8-7-11-29(35)19-23-38(36)37)34-22-26-42-40(28-34)39-17-9-10-18-41(39)44(42)32-14-5-2-6-15-32/h1-28H. The second kappa shape index (κ2) is 9.86. The molecule has 2 heteroatoms. The van der Waals surface area contributed by atoms with Crippen molar-refractivity contribution in [1.82, 2.24) is 4.57 Å². The van der Waals surface area contributed by atoms with Crippen LogP contribution >= 0.6 is 0 Å². The third-order valence-electron chi connectivity index (χ3n) is 8.93. The van der Waals surface area contributed by atoms with E-state index < -0.39 is 0 Å². The highest BCUT2D eigenvalue weighted by atomic mass is 15.1. The van der Waals surface area contributed by atoms with Crippen LogP contribution in [-0.2, 0) is 0 Å². The van der Waals surface area contributed by atoms with Gasteiger partial charge in [-0.25, -0.2) is 0 Å². The Morgan fingerprint density at radius 2 is 0.886 bits per heavy atom. The molecular formula is C42H28N2. The van der Waals surface area contributed by atoms with Crippen molar-refractivity contribution in [2.24, 2.45) is 0 Å². The lowest BCUT2D eigenvalue weighted by Crippen LogP contribution is -2.09. The molecule has 0 aliphatic rings. The van der Waals surface area contributed by atoms with Crippen molar-refractivity contribution in [3.8, 4) is 5.69 Å². The fourth-order valence-corrected chi connectivity index (χ4v) is 6.94. The normalized spacial score (nSPS) is 11.6. The minimum absolute atomic E-state index is 1.13. The fourth-order valence-electron chi connectivity index (χ4n) is 6.94. The molecule has 0 saturated carbocycles.